The number of aliphatic hydroxyl groups excluding tert-OH is 2. The Morgan fingerprint density at radius 3 is 2.26 bits per heavy atom. The Hall–Kier alpha value is -2.72. The molecule has 2 saturated carbocycles. The van der Waals surface area contributed by atoms with E-state index < -0.39 is 29.5 Å². The number of anilines is 1. The molecule has 1 aromatic carbocycles. The summed E-state index contributed by atoms with van der Waals surface area (Å²) in [5, 5.41) is 21.8. The monoisotopic (exact) mass is 490 g/mol. The molecule has 0 bridgehead atoms. The van der Waals surface area contributed by atoms with Crippen LogP contribution in [0.15, 0.2) is 21.7 Å². The quantitative estimate of drug-likeness (QED) is 0.495. The molecule has 0 radical (unpaired) electrons. The number of carbonyl (C=O) groups excluding carboxylic acids is 1. The standard InChI is InChI=1S/C25H35FN4O5/c26-20-14-19-22(15-21(20)27-17-6-2-1-3-7-17)30(18-8-4-5-9-18)25(35)29(24(19)34)16-23(33)28(10-12-31)11-13-32/h14-15,17-18,27,31-32H,1-13,16H2. The average Bonchev–Trinajstić information content (AvgIpc) is 3.38. The first-order chi connectivity index (χ1) is 16.9. The number of halogens is 1. The molecule has 10 heteroatoms. The molecule has 0 spiro atoms. The van der Waals surface area contributed by atoms with E-state index in [1.807, 2.05) is 0 Å². The zero-order chi connectivity index (χ0) is 24.9. The van der Waals surface area contributed by atoms with Gasteiger partial charge in [-0.25, -0.2) is 9.18 Å². The third-order valence-electron chi connectivity index (χ3n) is 7.30. The third-order valence-corrected chi connectivity index (χ3v) is 7.30. The zero-order valence-corrected chi connectivity index (χ0v) is 20.0. The highest BCUT2D eigenvalue weighted by Crippen LogP contribution is 2.32. The van der Waals surface area contributed by atoms with Crippen LogP contribution in [0.5, 0.6) is 0 Å². The second-order valence-corrected chi connectivity index (χ2v) is 9.64. The van der Waals surface area contributed by atoms with Gasteiger partial charge in [0.05, 0.1) is 29.8 Å². The Kier molecular flexibility index (Phi) is 8.22. The Morgan fingerprint density at radius 1 is 1.00 bits per heavy atom. The van der Waals surface area contributed by atoms with Crippen LogP contribution in [0.1, 0.15) is 63.8 Å². The normalized spacial score (nSPS) is 17.2. The second-order valence-electron chi connectivity index (χ2n) is 9.64. The van der Waals surface area contributed by atoms with E-state index in [2.05, 4.69) is 5.32 Å². The maximum atomic E-state index is 15.2. The van der Waals surface area contributed by atoms with E-state index in [1.165, 1.54) is 17.4 Å². The smallest absolute Gasteiger partial charge is 0.332 e. The van der Waals surface area contributed by atoms with Gasteiger partial charge in [-0.1, -0.05) is 32.1 Å². The van der Waals surface area contributed by atoms with E-state index in [-0.39, 0.29) is 43.8 Å². The van der Waals surface area contributed by atoms with Crippen molar-refractivity contribution in [2.45, 2.75) is 76.4 Å². The van der Waals surface area contributed by atoms with Gasteiger partial charge in [-0.3, -0.25) is 18.7 Å². The van der Waals surface area contributed by atoms with Crippen molar-refractivity contribution in [3.8, 4) is 0 Å². The van der Waals surface area contributed by atoms with Gasteiger partial charge in [-0.2, -0.15) is 0 Å². The highest BCUT2D eigenvalue weighted by atomic mass is 19.1. The van der Waals surface area contributed by atoms with Gasteiger partial charge in [-0.15, -0.1) is 0 Å². The lowest BCUT2D eigenvalue weighted by Gasteiger charge is -2.25. The number of hydrogen-bond acceptors (Lipinski definition) is 6. The van der Waals surface area contributed by atoms with Gasteiger partial charge in [0, 0.05) is 25.2 Å². The topological polar surface area (TPSA) is 117 Å². The van der Waals surface area contributed by atoms with Crippen molar-refractivity contribution < 1.29 is 19.4 Å². The van der Waals surface area contributed by atoms with Crippen LogP contribution >= 0.6 is 0 Å². The van der Waals surface area contributed by atoms with Crippen molar-refractivity contribution in [1.29, 1.82) is 0 Å². The van der Waals surface area contributed by atoms with Crippen LogP contribution in [0.2, 0.25) is 0 Å². The number of nitrogens with one attached hydrogen (secondary N) is 1. The molecular formula is C25H35FN4O5. The van der Waals surface area contributed by atoms with Gasteiger partial charge in [0.25, 0.3) is 5.56 Å². The minimum absolute atomic E-state index is 0.0244. The number of nitrogens with zero attached hydrogens (tertiary/aromatic N) is 3. The Labute approximate surface area is 203 Å². The molecular weight excluding hydrogens is 455 g/mol. The molecule has 35 heavy (non-hydrogen) atoms. The molecule has 0 atom stereocenters. The molecule has 9 nitrogen and oxygen atoms in total. The number of carbonyl (C=O) groups is 1. The molecule has 3 N–H and O–H groups in total. The summed E-state index contributed by atoms with van der Waals surface area (Å²) in [6.45, 7) is -1.21. The van der Waals surface area contributed by atoms with Crippen molar-refractivity contribution in [3.63, 3.8) is 0 Å². The lowest BCUT2D eigenvalue weighted by atomic mass is 9.95. The summed E-state index contributed by atoms with van der Waals surface area (Å²) < 4.78 is 17.6. The predicted molar refractivity (Wildman–Crippen MR) is 131 cm³/mol. The van der Waals surface area contributed by atoms with Crippen LogP contribution in [0, 0.1) is 5.82 Å². The second kappa shape index (κ2) is 11.3. The van der Waals surface area contributed by atoms with E-state index >= 15 is 4.39 Å². The predicted octanol–water partition coefficient (Wildman–Crippen LogP) is 1.98. The highest BCUT2D eigenvalue weighted by Gasteiger charge is 2.26. The first-order valence-corrected chi connectivity index (χ1v) is 12.7. The Morgan fingerprint density at radius 2 is 1.63 bits per heavy atom. The van der Waals surface area contributed by atoms with E-state index in [0.717, 1.165) is 55.9 Å². The minimum Gasteiger partial charge on any atom is -0.395 e. The number of amides is 1. The summed E-state index contributed by atoms with van der Waals surface area (Å²) in [4.78, 5) is 41.0. The van der Waals surface area contributed by atoms with E-state index in [0.29, 0.717) is 11.2 Å². The zero-order valence-electron chi connectivity index (χ0n) is 20.0. The Balaban J connectivity index is 1.80. The molecule has 2 aromatic rings. The number of aliphatic hydroxyl groups is 2. The molecule has 2 fully saturated rings. The number of hydrogen-bond donors (Lipinski definition) is 3. The molecule has 1 heterocycles. The average molecular weight is 491 g/mol. The third kappa shape index (κ3) is 5.43. The van der Waals surface area contributed by atoms with Crippen molar-refractivity contribution in [3.05, 3.63) is 38.8 Å². The maximum absolute atomic E-state index is 15.2. The molecule has 1 aromatic heterocycles. The molecule has 1 amide bonds. The highest BCUT2D eigenvalue weighted by molar-refractivity contribution is 5.83. The molecule has 0 unspecified atom stereocenters. The number of aromatic nitrogens is 2. The SMILES string of the molecule is O=C(Cn1c(=O)c2cc(F)c(NC3CCCCC3)cc2n(C2CCCC2)c1=O)N(CCO)CCO. The molecule has 4 rings (SSSR count). The molecule has 2 aliphatic rings. The van der Waals surface area contributed by atoms with Crippen molar-refractivity contribution in [1.82, 2.24) is 14.0 Å². The van der Waals surface area contributed by atoms with E-state index in [4.69, 9.17) is 0 Å². The van der Waals surface area contributed by atoms with Gasteiger partial charge in [0.15, 0.2) is 0 Å². The lowest BCUT2D eigenvalue weighted by Crippen LogP contribution is -2.46. The van der Waals surface area contributed by atoms with Crippen LogP contribution in [-0.2, 0) is 11.3 Å². The largest absolute Gasteiger partial charge is 0.395 e. The number of fused-ring (bicyclic) bond motifs is 1. The van der Waals surface area contributed by atoms with Crippen LogP contribution in [-0.4, -0.2) is 62.5 Å². The van der Waals surface area contributed by atoms with Crippen molar-refractivity contribution in [2.24, 2.45) is 0 Å². The molecule has 2 aliphatic carbocycles. The Bertz CT molecular complexity index is 1160. The van der Waals surface area contributed by atoms with Crippen LogP contribution in [0.25, 0.3) is 10.9 Å². The van der Waals surface area contributed by atoms with Gasteiger partial charge < -0.3 is 20.4 Å². The van der Waals surface area contributed by atoms with Gasteiger partial charge in [-0.05, 0) is 37.8 Å². The van der Waals surface area contributed by atoms with Gasteiger partial charge >= 0.3 is 5.69 Å². The first kappa shape index (κ1) is 25.4. The summed E-state index contributed by atoms with van der Waals surface area (Å²) >= 11 is 0. The van der Waals surface area contributed by atoms with Gasteiger partial charge in [0.2, 0.25) is 5.91 Å². The lowest BCUT2D eigenvalue weighted by molar-refractivity contribution is -0.133. The molecule has 0 aliphatic heterocycles. The van der Waals surface area contributed by atoms with Crippen molar-refractivity contribution in [2.75, 3.05) is 31.6 Å². The number of rotatable bonds is 9. The summed E-state index contributed by atoms with van der Waals surface area (Å²) in [7, 11) is 0. The van der Waals surface area contributed by atoms with Crippen LogP contribution in [0.3, 0.4) is 0 Å². The minimum atomic E-state index is -0.719. The summed E-state index contributed by atoms with van der Waals surface area (Å²) in [5.74, 6) is -1.13. The van der Waals surface area contributed by atoms with Crippen LogP contribution in [0.4, 0.5) is 10.1 Å². The number of benzene rings is 1. The maximum Gasteiger partial charge on any atom is 0.332 e. The molecule has 192 valence electrons. The summed E-state index contributed by atoms with van der Waals surface area (Å²) in [6, 6.07) is 2.78. The van der Waals surface area contributed by atoms with Crippen LogP contribution < -0.4 is 16.6 Å². The van der Waals surface area contributed by atoms with E-state index in [1.54, 1.807) is 10.6 Å². The van der Waals surface area contributed by atoms with Gasteiger partial charge in [0.1, 0.15) is 12.4 Å². The first-order valence-electron chi connectivity index (χ1n) is 12.7. The fourth-order valence-electron chi connectivity index (χ4n) is 5.47. The summed E-state index contributed by atoms with van der Waals surface area (Å²) in [6.07, 6.45) is 8.69. The summed E-state index contributed by atoms with van der Waals surface area (Å²) in [5.41, 5.74) is -0.631. The van der Waals surface area contributed by atoms with E-state index in [9.17, 15) is 24.6 Å². The van der Waals surface area contributed by atoms with Crippen molar-refractivity contribution >= 4 is 22.5 Å². The molecule has 0 saturated heterocycles. The fourth-order valence-corrected chi connectivity index (χ4v) is 5.47. The fraction of sp³-hybridized carbons (Fsp3) is 0.640.